The summed E-state index contributed by atoms with van der Waals surface area (Å²) < 4.78 is 11.6. The molecule has 5 heteroatoms. The number of ether oxygens (including phenoxy) is 2. The van der Waals surface area contributed by atoms with E-state index in [1.54, 1.807) is 14.2 Å². The highest BCUT2D eigenvalue weighted by atomic mass is 16.5. The van der Waals surface area contributed by atoms with Gasteiger partial charge in [0.25, 0.3) is 0 Å². The molecule has 0 atom stereocenters. The molecule has 1 aromatic rings. The Hall–Kier alpha value is -1.91. The molecular weight excluding hydrogens is 290 g/mol. The summed E-state index contributed by atoms with van der Waals surface area (Å²) in [5, 5.41) is 6.60. The van der Waals surface area contributed by atoms with Crippen LogP contribution >= 0.6 is 0 Å². The molecule has 1 aliphatic rings. The van der Waals surface area contributed by atoms with Gasteiger partial charge in [-0.25, -0.2) is 0 Å². The lowest BCUT2D eigenvalue weighted by Crippen LogP contribution is -2.40. The van der Waals surface area contributed by atoms with Gasteiger partial charge in [0.05, 0.1) is 13.2 Å². The molecule has 23 heavy (non-hydrogen) atoms. The molecule has 1 saturated carbocycles. The number of hydrogen-bond acceptors (Lipinski definition) is 3. The first-order chi connectivity index (χ1) is 11.1. The van der Waals surface area contributed by atoms with Gasteiger partial charge in [0, 0.05) is 19.6 Å². The van der Waals surface area contributed by atoms with Crippen molar-refractivity contribution in [2.45, 2.75) is 58.2 Å². The van der Waals surface area contributed by atoms with Crippen molar-refractivity contribution in [1.82, 2.24) is 10.6 Å². The summed E-state index contributed by atoms with van der Waals surface area (Å²) in [6, 6.07) is 6.43. The molecule has 0 aliphatic heterocycles. The van der Waals surface area contributed by atoms with Crippen LogP contribution in [0, 0.1) is 0 Å². The predicted molar refractivity (Wildman–Crippen MR) is 94.3 cm³/mol. The molecular formula is C18H29N3O2. The monoisotopic (exact) mass is 319 g/mol. The van der Waals surface area contributed by atoms with E-state index in [-0.39, 0.29) is 0 Å². The van der Waals surface area contributed by atoms with Crippen LogP contribution in [0.3, 0.4) is 0 Å². The summed E-state index contributed by atoms with van der Waals surface area (Å²) in [5.41, 5.74) is 1.14. The van der Waals surface area contributed by atoms with Crippen molar-refractivity contribution in [3.63, 3.8) is 0 Å². The molecule has 5 nitrogen and oxygen atoms in total. The van der Waals surface area contributed by atoms with Gasteiger partial charge in [-0.3, -0.25) is 4.99 Å². The number of aliphatic imine (C=N–C) groups is 1. The van der Waals surface area contributed by atoms with Crippen molar-refractivity contribution in [3.05, 3.63) is 23.8 Å². The van der Waals surface area contributed by atoms with E-state index in [4.69, 9.17) is 9.47 Å². The third-order valence-corrected chi connectivity index (χ3v) is 3.93. The van der Waals surface area contributed by atoms with Crippen molar-refractivity contribution >= 4 is 5.96 Å². The van der Waals surface area contributed by atoms with Crippen LogP contribution in [0.15, 0.2) is 23.2 Å². The number of benzene rings is 1. The number of hydrogen-bond donors (Lipinski definition) is 2. The van der Waals surface area contributed by atoms with Crippen LogP contribution < -0.4 is 20.1 Å². The van der Waals surface area contributed by atoms with Gasteiger partial charge in [0.1, 0.15) is 0 Å². The average Bonchev–Trinajstić information content (AvgIpc) is 3.04. The van der Waals surface area contributed by atoms with E-state index in [1.807, 2.05) is 6.07 Å². The third-order valence-electron chi connectivity index (χ3n) is 3.93. The number of rotatable bonds is 6. The second-order valence-electron chi connectivity index (χ2n) is 6.23. The number of nitrogens with zero attached hydrogens (tertiary/aromatic N) is 1. The van der Waals surface area contributed by atoms with Crippen LogP contribution in [0.4, 0.5) is 0 Å². The zero-order valence-electron chi connectivity index (χ0n) is 14.7. The Morgan fingerprint density at radius 1 is 1.26 bits per heavy atom. The van der Waals surface area contributed by atoms with E-state index in [0.717, 1.165) is 35.9 Å². The highest BCUT2D eigenvalue weighted by Gasteiger charge is 2.18. The SMILES string of the molecule is CN=C(NCc1ccc(OC)c(OC2CCCC2)c1)NC(C)C. The average molecular weight is 319 g/mol. The van der Waals surface area contributed by atoms with Crippen molar-refractivity contribution in [2.24, 2.45) is 4.99 Å². The fourth-order valence-corrected chi connectivity index (χ4v) is 2.76. The lowest BCUT2D eigenvalue weighted by Gasteiger charge is -2.18. The molecule has 2 rings (SSSR count). The van der Waals surface area contributed by atoms with Crippen LogP contribution in [0.5, 0.6) is 11.5 Å². The first kappa shape index (κ1) is 17.4. The van der Waals surface area contributed by atoms with E-state index in [1.165, 1.54) is 12.8 Å². The topological polar surface area (TPSA) is 54.9 Å². The zero-order chi connectivity index (χ0) is 16.7. The van der Waals surface area contributed by atoms with Crippen LogP contribution in [0.1, 0.15) is 45.1 Å². The van der Waals surface area contributed by atoms with E-state index < -0.39 is 0 Å². The predicted octanol–water partition coefficient (Wildman–Crippen LogP) is 3.09. The molecule has 0 aromatic heterocycles. The fraction of sp³-hybridized carbons (Fsp3) is 0.611. The van der Waals surface area contributed by atoms with Gasteiger partial charge in [0.15, 0.2) is 17.5 Å². The fourth-order valence-electron chi connectivity index (χ4n) is 2.76. The van der Waals surface area contributed by atoms with E-state index in [0.29, 0.717) is 18.7 Å². The molecule has 0 spiro atoms. The Morgan fingerprint density at radius 3 is 2.61 bits per heavy atom. The maximum absolute atomic E-state index is 6.14. The molecule has 1 aliphatic carbocycles. The van der Waals surface area contributed by atoms with Crippen LogP contribution in [0.2, 0.25) is 0 Å². The van der Waals surface area contributed by atoms with Crippen LogP contribution in [-0.2, 0) is 6.54 Å². The van der Waals surface area contributed by atoms with Gasteiger partial charge in [-0.15, -0.1) is 0 Å². The van der Waals surface area contributed by atoms with Crippen LogP contribution in [0.25, 0.3) is 0 Å². The highest BCUT2D eigenvalue weighted by Crippen LogP contribution is 2.32. The summed E-state index contributed by atoms with van der Waals surface area (Å²) in [5.74, 6) is 2.44. The standard InChI is InChI=1S/C18H29N3O2/c1-13(2)21-18(19-3)20-12-14-9-10-16(22-4)17(11-14)23-15-7-5-6-8-15/h9-11,13,15H,5-8,12H2,1-4H3,(H2,19,20,21). The third kappa shape index (κ3) is 5.34. The maximum atomic E-state index is 6.14. The summed E-state index contributed by atoms with van der Waals surface area (Å²) in [6.45, 7) is 4.87. The van der Waals surface area contributed by atoms with Gasteiger partial charge in [-0.1, -0.05) is 6.07 Å². The van der Waals surface area contributed by atoms with Gasteiger partial charge >= 0.3 is 0 Å². The minimum Gasteiger partial charge on any atom is -0.493 e. The minimum atomic E-state index is 0.322. The highest BCUT2D eigenvalue weighted by molar-refractivity contribution is 5.79. The second kappa shape index (κ2) is 8.65. The minimum absolute atomic E-state index is 0.322. The second-order valence-corrected chi connectivity index (χ2v) is 6.23. The Labute approximate surface area is 139 Å². The van der Waals surface area contributed by atoms with Gasteiger partial charge in [-0.05, 0) is 57.2 Å². The Morgan fingerprint density at radius 2 is 2.00 bits per heavy atom. The smallest absolute Gasteiger partial charge is 0.191 e. The summed E-state index contributed by atoms with van der Waals surface area (Å²) >= 11 is 0. The molecule has 0 saturated heterocycles. The lowest BCUT2D eigenvalue weighted by molar-refractivity contribution is 0.200. The van der Waals surface area contributed by atoms with Crippen molar-refractivity contribution in [3.8, 4) is 11.5 Å². The Bertz CT molecular complexity index is 523. The largest absolute Gasteiger partial charge is 0.493 e. The van der Waals surface area contributed by atoms with Crippen molar-refractivity contribution < 1.29 is 9.47 Å². The van der Waals surface area contributed by atoms with Gasteiger partial charge < -0.3 is 20.1 Å². The number of guanidine groups is 1. The van der Waals surface area contributed by atoms with E-state index in [2.05, 4.69) is 41.6 Å². The molecule has 0 radical (unpaired) electrons. The molecule has 2 N–H and O–H groups in total. The van der Waals surface area contributed by atoms with E-state index in [9.17, 15) is 0 Å². The molecule has 0 bridgehead atoms. The zero-order valence-corrected chi connectivity index (χ0v) is 14.7. The van der Waals surface area contributed by atoms with Gasteiger partial charge in [-0.2, -0.15) is 0 Å². The quantitative estimate of drug-likeness (QED) is 0.625. The summed E-state index contributed by atoms with van der Waals surface area (Å²) in [4.78, 5) is 4.22. The van der Waals surface area contributed by atoms with E-state index >= 15 is 0 Å². The summed E-state index contributed by atoms with van der Waals surface area (Å²) in [6.07, 6.45) is 5.10. The number of methoxy groups -OCH3 is 1. The summed E-state index contributed by atoms with van der Waals surface area (Å²) in [7, 11) is 3.46. The van der Waals surface area contributed by atoms with Crippen molar-refractivity contribution in [2.75, 3.05) is 14.2 Å². The maximum Gasteiger partial charge on any atom is 0.191 e. The number of nitrogens with one attached hydrogen (secondary N) is 2. The molecule has 0 unspecified atom stereocenters. The molecule has 1 aromatic carbocycles. The van der Waals surface area contributed by atoms with Crippen molar-refractivity contribution in [1.29, 1.82) is 0 Å². The lowest BCUT2D eigenvalue weighted by atomic mass is 10.2. The molecule has 0 amide bonds. The first-order valence-corrected chi connectivity index (χ1v) is 8.43. The molecule has 128 valence electrons. The molecule has 1 fully saturated rings. The Kier molecular flexibility index (Phi) is 6.56. The molecule has 0 heterocycles. The Balaban J connectivity index is 2.01. The first-order valence-electron chi connectivity index (χ1n) is 8.43. The van der Waals surface area contributed by atoms with Gasteiger partial charge in [0.2, 0.25) is 0 Å². The normalized spacial score (nSPS) is 15.8. The van der Waals surface area contributed by atoms with Crippen LogP contribution in [-0.4, -0.2) is 32.3 Å².